The highest BCUT2D eigenvalue weighted by molar-refractivity contribution is 6.35. The van der Waals surface area contributed by atoms with E-state index < -0.39 is 5.97 Å². The summed E-state index contributed by atoms with van der Waals surface area (Å²) in [6.45, 7) is 6.39. The predicted molar refractivity (Wildman–Crippen MR) is 96.3 cm³/mol. The zero-order valence-corrected chi connectivity index (χ0v) is 14.8. The van der Waals surface area contributed by atoms with E-state index in [0.29, 0.717) is 21.4 Å². The summed E-state index contributed by atoms with van der Waals surface area (Å²) in [5.41, 5.74) is 1.95. The maximum absolute atomic E-state index is 11.9. The standard InChI is InChI=1S/C19H18Cl2O2/c1-19(2,3)14-6-9-16(10-7-14)23-18(22)11-5-13-4-8-15(20)12-17(13)21/h4-12H,1-3H3. The Morgan fingerprint density at radius 3 is 2.26 bits per heavy atom. The number of esters is 1. The van der Waals surface area contributed by atoms with Crippen molar-refractivity contribution in [2.45, 2.75) is 26.2 Å². The zero-order valence-electron chi connectivity index (χ0n) is 13.3. The van der Waals surface area contributed by atoms with Crippen LogP contribution in [0.4, 0.5) is 0 Å². The first kappa shape index (κ1) is 17.6. The van der Waals surface area contributed by atoms with Crippen molar-refractivity contribution < 1.29 is 9.53 Å². The van der Waals surface area contributed by atoms with Gasteiger partial charge in [0.1, 0.15) is 5.75 Å². The lowest BCUT2D eigenvalue weighted by Crippen LogP contribution is -2.11. The van der Waals surface area contributed by atoms with Crippen LogP contribution in [-0.4, -0.2) is 5.97 Å². The predicted octanol–water partition coefficient (Wildman–Crippen LogP) is 5.91. The van der Waals surface area contributed by atoms with E-state index in [1.807, 2.05) is 12.1 Å². The summed E-state index contributed by atoms with van der Waals surface area (Å²) >= 11 is 11.9. The Morgan fingerprint density at radius 2 is 1.70 bits per heavy atom. The van der Waals surface area contributed by atoms with Gasteiger partial charge < -0.3 is 4.74 Å². The van der Waals surface area contributed by atoms with Crippen molar-refractivity contribution in [3.63, 3.8) is 0 Å². The van der Waals surface area contributed by atoms with E-state index in [2.05, 4.69) is 20.8 Å². The van der Waals surface area contributed by atoms with Crippen LogP contribution < -0.4 is 4.74 Å². The van der Waals surface area contributed by atoms with Crippen LogP contribution in [0.1, 0.15) is 31.9 Å². The molecule has 0 saturated heterocycles. The number of carbonyl (C=O) groups excluding carboxylic acids is 1. The van der Waals surface area contributed by atoms with Crippen LogP contribution >= 0.6 is 23.2 Å². The fraction of sp³-hybridized carbons (Fsp3) is 0.211. The summed E-state index contributed by atoms with van der Waals surface area (Å²) in [5, 5.41) is 1.03. The molecule has 0 radical (unpaired) electrons. The summed E-state index contributed by atoms with van der Waals surface area (Å²) in [6.07, 6.45) is 2.94. The molecule has 0 N–H and O–H groups in total. The highest BCUT2D eigenvalue weighted by Crippen LogP contribution is 2.25. The van der Waals surface area contributed by atoms with Gasteiger partial charge in [0.2, 0.25) is 0 Å². The van der Waals surface area contributed by atoms with Crippen molar-refractivity contribution in [1.29, 1.82) is 0 Å². The number of hydrogen-bond acceptors (Lipinski definition) is 2. The van der Waals surface area contributed by atoms with Crippen LogP contribution in [-0.2, 0) is 10.2 Å². The fourth-order valence-electron chi connectivity index (χ4n) is 1.97. The quantitative estimate of drug-likeness (QED) is 0.391. The molecule has 2 nitrogen and oxygen atoms in total. The van der Waals surface area contributed by atoms with E-state index in [4.69, 9.17) is 27.9 Å². The van der Waals surface area contributed by atoms with Gasteiger partial charge >= 0.3 is 5.97 Å². The van der Waals surface area contributed by atoms with Crippen LogP contribution in [0.15, 0.2) is 48.5 Å². The Bertz CT molecular complexity index is 726. The minimum Gasteiger partial charge on any atom is -0.423 e. The van der Waals surface area contributed by atoms with Gasteiger partial charge in [-0.25, -0.2) is 4.79 Å². The van der Waals surface area contributed by atoms with E-state index in [9.17, 15) is 4.79 Å². The second kappa shape index (κ2) is 7.20. The molecule has 0 atom stereocenters. The van der Waals surface area contributed by atoms with Gasteiger partial charge in [-0.05, 0) is 46.9 Å². The molecule has 0 fully saturated rings. The fourth-order valence-corrected chi connectivity index (χ4v) is 2.44. The lowest BCUT2D eigenvalue weighted by Gasteiger charge is -2.18. The van der Waals surface area contributed by atoms with Gasteiger partial charge in [-0.3, -0.25) is 0 Å². The highest BCUT2D eigenvalue weighted by Gasteiger charge is 2.13. The van der Waals surface area contributed by atoms with Crippen LogP contribution in [0, 0.1) is 0 Å². The minimum absolute atomic E-state index is 0.0633. The molecule has 0 amide bonds. The van der Waals surface area contributed by atoms with Crippen LogP contribution in [0.2, 0.25) is 10.0 Å². The molecule has 0 saturated carbocycles. The molecule has 4 heteroatoms. The maximum Gasteiger partial charge on any atom is 0.336 e. The van der Waals surface area contributed by atoms with Crippen molar-refractivity contribution in [1.82, 2.24) is 0 Å². The third-order valence-corrected chi connectivity index (χ3v) is 3.86. The van der Waals surface area contributed by atoms with E-state index >= 15 is 0 Å². The Kier molecular flexibility index (Phi) is 5.51. The van der Waals surface area contributed by atoms with E-state index in [-0.39, 0.29) is 5.41 Å². The van der Waals surface area contributed by atoms with Gasteiger partial charge in [0.15, 0.2) is 0 Å². The van der Waals surface area contributed by atoms with Gasteiger partial charge in [-0.2, -0.15) is 0 Å². The van der Waals surface area contributed by atoms with Crippen molar-refractivity contribution in [2.24, 2.45) is 0 Å². The Labute approximate surface area is 146 Å². The zero-order chi connectivity index (χ0) is 17.0. The van der Waals surface area contributed by atoms with Crippen molar-refractivity contribution in [3.8, 4) is 5.75 Å². The molecular weight excluding hydrogens is 331 g/mol. The smallest absolute Gasteiger partial charge is 0.336 e. The Hall–Kier alpha value is -1.77. The minimum atomic E-state index is -0.459. The molecule has 2 rings (SSSR count). The lowest BCUT2D eigenvalue weighted by atomic mass is 9.87. The van der Waals surface area contributed by atoms with Crippen LogP contribution in [0.25, 0.3) is 6.08 Å². The molecule has 2 aromatic rings. The lowest BCUT2D eigenvalue weighted by molar-refractivity contribution is -0.128. The molecule has 0 heterocycles. The van der Waals surface area contributed by atoms with Crippen molar-refractivity contribution in [2.75, 3.05) is 0 Å². The highest BCUT2D eigenvalue weighted by atomic mass is 35.5. The van der Waals surface area contributed by atoms with E-state index in [1.54, 1.807) is 36.4 Å². The van der Waals surface area contributed by atoms with Gasteiger partial charge in [-0.15, -0.1) is 0 Å². The molecule has 0 aliphatic rings. The molecule has 120 valence electrons. The van der Waals surface area contributed by atoms with Crippen molar-refractivity contribution >= 4 is 35.2 Å². The molecule has 2 aromatic carbocycles. The largest absolute Gasteiger partial charge is 0.423 e. The molecule has 0 spiro atoms. The average Bonchev–Trinajstić information content (AvgIpc) is 2.46. The van der Waals surface area contributed by atoms with E-state index in [1.165, 1.54) is 11.6 Å². The van der Waals surface area contributed by atoms with Gasteiger partial charge in [-0.1, -0.05) is 62.2 Å². The summed E-state index contributed by atoms with van der Waals surface area (Å²) in [7, 11) is 0. The second-order valence-electron chi connectivity index (χ2n) is 6.19. The SMILES string of the molecule is CC(C)(C)c1ccc(OC(=O)C=Cc2ccc(Cl)cc2Cl)cc1. The molecular formula is C19H18Cl2O2. The molecule has 0 bridgehead atoms. The number of halogens is 2. The topological polar surface area (TPSA) is 26.3 Å². The summed E-state index contributed by atoms with van der Waals surface area (Å²) in [5.74, 6) is 0.0504. The molecule has 0 unspecified atom stereocenters. The van der Waals surface area contributed by atoms with Crippen molar-refractivity contribution in [3.05, 3.63) is 69.7 Å². The number of benzene rings is 2. The first-order valence-corrected chi connectivity index (χ1v) is 7.97. The molecule has 0 aliphatic carbocycles. The monoisotopic (exact) mass is 348 g/mol. The number of hydrogen-bond donors (Lipinski definition) is 0. The summed E-state index contributed by atoms with van der Waals surface area (Å²) < 4.78 is 5.27. The van der Waals surface area contributed by atoms with Crippen LogP contribution in [0.3, 0.4) is 0 Å². The number of rotatable bonds is 3. The number of carbonyl (C=O) groups is 1. The molecule has 23 heavy (non-hydrogen) atoms. The number of ether oxygens (including phenoxy) is 1. The summed E-state index contributed by atoms with van der Waals surface area (Å²) in [6, 6.07) is 12.6. The van der Waals surface area contributed by atoms with E-state index in [0.717, 1.165) is 0 Å². The van der Waals surface area contributed by atoms with Crippen LogP contribution in [0.5, 0.6) is 5.75 Å². The van der Waals surface area contributed by atoms with Gasteiger partial charge in [0.25, 0.3) is 0 Å². The average molecular weight is 349 g/mol. The molecule has 0 aliphatic heterocycles. The third kappa shape index (κ3) is 5.12. The first-order chi connectivity index (χ1) is 10.8. The Balaban J connectivity index is 2.03. The third-order valence-electron chi connectivity index (χ3n) is 3.30. The second-order valence-corrected chi connectivity index (χ2v) is 7.04. The molecule has 0 aromatic heterocycles. The summed E-state index contributed by atoms with van der Waals surface area (Å²) in [4.78, 5) is 11.9. The first-order valence-electron chi connectivity index (χ1n) is 7.21. The Morgan fingerprint density at radius 1 is 1.04 bits per heavy atom. The van der Waals surface area contributed by atoms with Gasteiger partial charge in [0, 0.05) is 16.1 Å². The van der Waals surface area contributed by atoms with Gasteiger partial charge in [0.05, 0.1) is 0 Å². The maximum atomic E-state index is 11.9. The normalized spacial score (nSPS) is 11.7.